The van der Waals surface area contributed by atoms with Crippen LogP contribution in [0.3, 0.4) is 0 Å². The lowest BCUT2D eigenvalue weighted by Crippen LogP contribution is -2.41. The number of furan rings is 1. The third-order valence-electron chi connectivity index (χ3n) is 5.67. The highest BCUT2D eigenvalue weighted by Crippen LogP contribution is 2.27. The number of aryl methyl sites for hydroxylation is 1. The first-order chi connectivity index (χ1) is 14.1. The molecule has 1 atom stereocenters. The maximum absolute atomic E-state index is 12.7. The summed E-state index contributed by atoms with van der Waals surface area (Å²) in [4.78, 5) is 15.1. The van der Waals surface area contributed by atoms with Gasteiger partial charge in [0.05, 0.1) is 12.3 Å². The summed E-state index contributed by atoms with van der Waals surface area (Å²) in [6.07, 6.45) is 4.00. The molecule has 3 aromatic rings. The molecule has 0 radical (unpaired) electrons. The van der Waals surface area contributed by atoms with E-state index < -0.39 is 0 Å². The van der Waals surface area contributed by atoms with E-state index in [1.54, 1.807) is 12.3 Å². The lowest BCUT2D eigenvalue weighted by Gasteiger charge is -2.35. The number of nitrogens with zero attached hydrogens (tertiary/aromatic N) is 2. The summed E-state index contributed by atoms with van der Waals surface area (Å²) in [5.74, 6) is 1.96. The second-order valence-electron chi connectivity index (χ2n) is 7.90. The Bertz CT molecular complexity index is 923. The van der Waals surface area contributed by atoms with Gasteiger partial charge in [0.15, 0.2) is 11.5 Å². The molecule has 1 fully saturated rings. The van der Waals surface area contributed by atoms with Gasteiger partial charge in [-0.1, -0.05) is 41.9 Å². The van der Waals surface area contributed by atoms with Gasteiger partial charge in [0.2, 0.25) is 0 Å². The topological polar surface area (TPSA) is 71.5 Å². The van der Waals surface area contributed by atoms with E-state index in [1.165, 1.54) is 5.56 Å². The average Bonchev–Trinajstić information content (AvgIpc) is 3.42. The molecule has 1 aliphatic heterocycles. The first-order valence-electron chi connectivity index (χ1n) is 10.2. The molecule has 4 rings (SSSR count). The summed E-state index contributed by atoms with van der Waals surface area (Å²) in [6.45, 7) is 6.79. The second kappa shape index (κ2) is 8.66. The Morgan fingerprint density at radius 2 is 2.00 bits per heavy atom. The number of benzene rings is 1. The van der Waals surface area contributed by atoms with E-state index in [1.807, 2.05) is 43.3 Å². The molecule has 0 aliphatic carbocycles. The van der Waals surface area contributed by atoms with Crippen molar-refractivity contribution in [2.75, 3.05) is 19.6 Å². The Balaban J connectivity index is 1.42. The molecule has 1 aromatic carbocycles. The number of amides is 1. The number of aromatic nitrogens is 1. The molecule has 0 unspecified atom stereocenters. The van der Waals surface area contributed by atoms with Crippen molar-refractivity contribution in [3.8, 4) is 11.3 Å². The first-order valence-corrected chi connectivity index (χ1v) is 10.2. The molecular weight excluding hydrogens is 366 g/mol. The molecule has 1 saturated heterocycles. The van der Waals surface area contributed by atoms with Crippen molar-refractivity contribution in [3.63, 3.8) is 0 Å². The van der Waals surface area contributed by atoms with Crippen LogP contribution in [0.5, 0.6) is 0 Å². The summed E-state index contributed by atoms with van der Waals surface area (Å²) in [5.41, 5.74) is 2.35. The molecule has 1 aliphatic rings. The Morgan fingerprint density at radius 3 is 2.69 bits per heavy atom. The molecular formula is C23H27N3O3. The molecule has 1 N–H and O–H groups in total. The van der Waals surface area contributed by atoms with Gasteiger partial charge >= 0.3 is 0 Å². The number of hydrogen-bond acceptors (Lipinski definition) is 5. The van der Waals surface area contributed by atoms with Crippen LogP contribution < -0.4 is 5.32 Å². The minimum Gasteiger partial charge on any atom is -0.468 e. The summed E-state index contributed by atoms with van der Waals surface area (Å²) < 4.78 is 11.0. The third-order valence-corrected chi connectivity index (χ3v) is 5.67. The van der Waals surface area contributed by atoms with E-state index in [0.29, 0.717) is 12.3 Å². The molecule has 0 spiro atoms. The zero-order chi connectivity index (χ0) is 20.2. The van der Waals surface area contributed by atoms with E-state index in [4.69, 9.17) is 8.94 Å². The lowest BCUT2D eigenvalue weighted by molar-refractivity contribution is 0.0887. The first kappa shape index (κ1) is 19.5. The number of carbonyl (C=O) groups is 1. The largest absolute Gasteiger partial charge is 0.468 e. The van der Waals surface area contributed by atoms with Gasteiger partial charge in [-0.25, -0.2) is 0 Å². The Morgan fingerprint density at radius 1 is 1.24 bits per heavy atom. The van der Waals surface area contributed by atoms with E-state index in [-0.39, 0.29) is 17.6 Å². The molecule has 2 aromatic heterocycles. The van der Waals surface area contributed by atoms with E-state index in [2.05, 4.69) is 22.3 Å². The zero-order valence-electron chi connectivity index (χ0n) is 16.9. The van der Waals surface area contributed by atoms with Crippen LogP contribution in [0.2, 0.25) is 0 Å². The molecule has 29 heavy (non-hydrogen) atoms. The van der Waals surface area contributed by atoms with Gasteiger partial charge in [0, 0.05) is 18.2 Å². The van der Waals surface area contributed by atoms with Gasteiger partial charge in [-0.05, 0) is 50.9 Å². The van der Waals surface area contributed by atoms with Crippen LogP contribution in [-0.2, 0) is 0 Å². The van der Waals surface area contributed by atoms with Crippen molar-refractivity contribution >= 4 is 5.91 Å². The predicted molar refractivity (Wildman–Crippen MR) is 110 cm³/mol. The molecule has 0 bridgehead atoms. The quantitative estimate of drug-likeness (QED) is 0.670. The standard InChI is InChI=1S/C23H27N3O3/c1-16-5-7-18(8-6-16)22-14-19(25-29-22)23(27)24-15-20(21-4-3-13-28-21)26-11-9-17(2)10-12-26/h3-8,13-14,17,20H,9-12,15H2,1-2H3,(H,24,27)/t20-/m1/s1. The fourth-order valence-corrected chi connectivity index (χ4v) is 3.75. The highest BCUT2D eigenvalue weighted by molar-refractivity contribution is 5.93. The molecule has 0 saturated carbocycles. The number of carbonyl (C=O) groups excluding carboxylic acids is 1. The number of nitrogens with one attached hydrogen (secondary N) is 1. The minimum absolute atomic E-state index is 0.0184. The van der Waals surface area contributed by atoms with Crippen molar-refractivity contribution in [3.05, 3.63) is 65.7 Å². The molecule has 3 heterocycles. The van der Waals surface area contributed by atoms with Gasteiger partial charge in [-0.3, -0.25) is 9.69 Å². The van der Waals surface area contributed by atoms with Crippen LogP contribution in [-0.4, -0.2) is 35.6 Å². The number of hydrogen-bond donors (Lipinski definition) is 1. The maximum Gasteiger partial charge on any atom is 0.273 e. The van der Waals surface area contributed by atoms with Crippen LogP contribution >= 0.6 is 0 Å². The van der Waals surface area contributed by atoms with Crippen LogP contribution in [0.1, 0.15) is 47.6 Å². The fourth-order valence-electron chi connectivity index (χ4n) is 3.75. The zero-order valence-corrected chi connectivity index (χ0v) is 16.9. The second-order valence-corrected chi connectivity index (χ2v) is 7.90. The van der Waals surface area contributed by atoms with Crippen LogP contribution in [0, 0.1) is 12.8 Å². The van der Waals surface area contributed by atoms with Crippen molar-refractivity contribution in [1.82, 2.24) is 15.4 Å². The van der Waals surface area contributed by atoms with E-state index >= 15 is 0 Å². The molecule has 152 valence electrons. The van der Waals surface area contributed by atoms with Crippen molar-refractivity contribution < 1.29 is 13.7 Å². The molecule has 6 heteroatoms. The summed E-state index contributed by atoms with van der Waals surface area (Å²) >= 11 is 0. The van der Waals surface area contributed by atoms with Crippen LogP contribution in [0.25, 0.3) is 11.3 Å². The predicted octanol–water partition coefficient (Wildman–Crippen LogP) is 4.45. The van der Waals surface area contributed by atoms with Crippen molar-refractivity contribution in [1.29, 1.82) is 0 Å². The summed E-state index contributed by atoms with van der Waals surface area (Å²) in [7, 11) is 0. The van der Waals surface area contributed by atoms with E-state index in [9.17, 15) is 4.79 Å². The SMILES string of the molecule is Cc1ccc(-c2cc(C(=O)NC[C@H](c3ccco3)N3CCC(C)CC3)no2)cc1. The summed E-state index contributed by atoms with van der Waals surface area (Å²) in [5, 5.41) is 6.96. The van der Waals surface area contributed by atoms with Gasteiger partial charge in [0.1, 0.15) is 5.76 Å². The highest BCUT2D eigenvalue weighted by atomic mass is 16.5. The maximum atomic E-state index is 12.7. The lowest BCUT2D eigenvalue weighted by atomic mass is 9.97. The number of piperidine rings is 1. The van der Waals surface area contributed by atoms with Crippen LogP contribution in [0.15, 0.2) is 57.7 Å². The van der Waals surface area contributed by atoms with Gasteiger partial charge in [-0.15, -0.1) is 0 Å². The normalized spacial score (nSPS) is 16.6. The summed E-state index contributed by atoms with van der Waals surface area (Å²) in [6, 6.07) is 13.5. The van der Waals surface area contributed by atoms with E-state index in [0.717, 1.165) is 43.2 Å². The molecule has 1 amide bonds. The van der Waals surface area contributed by atoms with Crippen molar-refractivity contribution in [2.45, 2.75) is 32.7 Å². The fraction of sp³-hybridized carbons (Fsp3) is 0.391. The molecule has 6 nitrogen and oxygen atoms in total. The smallest absolute Gasteiger partial charge is 0.273 e. The number of likely N-dealkylation sites (tertiary alicyclic amines) is 1. The monoisotopic (exact) mass is 393 g/mol. The van der Waals surface area contributed by atoms with Gasteiger partial charge in [0.25, 0.3) is 5.91 Å². The van der Waals surface area contributed by atoms with Crippen molar-refractivity contribution in [2.24, 2.45) is 5.92 Å². The van der Waals surface area contributed by atoms with Gasteiger partial charge in [-0.2, -0.15) is 0 Å². The Hall–Kier alpha value is -2.86. The van der Waals surface area contributed by atoms with Gasteiger partial charge < -0.3 is 14.3 Å². The minimum atomic E-state index is -0.242. The highest BCUT2D eigenvalue weighted by Gasteiger charge is 2.27. The Labute approximate surface area is 170 Å². The Kier molecular flexibility index (Phi) is 5.81. The van der Waals surface area contributed by atoms with Crippen LogP contribution in [0.4, 0.5) is 0 Å². The third kappa shape index (κ3) is 4.59. The number of rotatable bonds is 6. The average molecular weight is 393 g/mol.